The molecule has 2 heterocycles. The third-order valence-electron chi connectivity index (χ3n) is 5.07. The smallest absolute Gasteiger partial charge is 0.263 e. The van der Waals surface area contributed by atoms with E-state index in [9.17, 15) is 18.5 Å². The Morgan fingerprint density at radius 1 is 1.32 bits per heavy atom. The van der Waals surface area contributed by atoms with E-state index in [1.54, 1.807) is 0 Å². The summed E-state index contributed by atoms with van der Waals surface area (Å²) in [7, 11) is 0.817. The van der Waals surface area contributed by atoms with Gasteiger partial charge in [-0.15, -0.1) is 0 Å². The number of hydrogen-bond donors (Lipinski definition) is 2. The van der Waals surface area contributed by atoms with Crippen LogP contribution in [-0.2, 0) is 14.6 Å². The van der Waals surface area contributed by atoms with E-state index in [0.29, 0.717) is 26.1 Å². The minimum absolute atomic E-state index is 0.0170. The quantitative estimate of drug-likeness (QED) is 0.347. The highest BCUT2D eigenvalue weighted by Gasteiger charge is 2.31. The number of likely N-dealkylation sites (N-methyl/N-ethyl adjacent to an activating group) is 1. The summed E-state index contributed by atoms with van der Waals surface area (Å²) in [6, 6.07) is 1.78. The Labute approximate surface area is 168 Å². The molecule has 0 bridgehead atoms. The Balaban J connectivity index is 1.97. The van der Waals surface area contributed by atoms with Crippen LogP contribution in [0.2, 0.25) is 0 Å². The van der Waals surface area contributed by atoms with Crippen LogP contribution in [-0.4, -0.2) is 113 Å². The number of carbonyl (C=O) groups is 1. The van der Waals surface area contributed by atoms with E-state index in [0.717, 1.165) is 32.7 Å². The molecule has 2 aliphatic heterocycles. The monoisotopic (exact) mass is 412 g/mol. The minimum Gasteiger partial charge on any atom is -0.371 e. The van der Waals surface area contributed by atoms with E-state index in [1.807, 2.05) is 30.0 Å². The third-order valence-corrected chi connectivity index (χ3v) is 6.82. The summed E-state index contributed by atoms with van der Waals surface area (Å²) >= 11 is 0. The summed E-state index contributed by atoms with van der Waals surface area (Å²) in [5.74, 6) is -0.184. The lowest BCUT2D eigenvalue weighted by molar-refractivity contribution is -0.117. The van der Waals surface area contributed by atoms with Gasteiger partial charge in [-0.3, -0.25) is 9.69 Å². The average Bonchev–Trinajstić information content (AvgIpc) is 3.02. The van der Waals surface area contributed by atoms with Gasteiger partial charge >= 0.3 is 0 Å². The Kier molecular flexibility index (Phi) is 8.69. The minimum atomic E-state index is -3.05. The highest BCUT2D eigenvalue weighted by Crippen LogP contribution is 2.19. The van der Waals surface area contributed by atoms with Crippen molar-refractivity contribution in [2.75, 3.05) is 78.0 Å². The predicted octanol–water partition coefficient (Wildman–Crippen LogP) is -1.53. The van der Waals surface area contributed by atoms with Crippen LogP contribution < -0.4 is 10.6 Å². The molecule has 2 aliphatic rings. The van der Waals surface area contributed by atoms with E-state index >= 15 is 0 Å². The number of nitrogens with one attached hydrogen (secondary N) is 2. The van der Waals surface area contributed by atoms with Crippen LogP contribution in [0.3, 0.4) is 0 Å². The van der Waals surface area contributed by atoms with Crippen molar-refractivity contribution in [3.63, 3.8) is 0 Å². The van der Waals surface area contributed by atoms with Crippen LogP contribution >= 0.6 is 0 Å². The summed E-state index contributed by atoms with van der Waals surface area (Å²) in [6.07, 6.45) is 2.06. The van der Waals surface area contributed by atoms with E-state index in [-0.39, 0.29) is 23.1 Å². The molecule has 9 nitrogen and oxygen atoms in total. The lowest BCUT2D eigenvalue weighted by Gasteiger charge is -2.28. The molecular weight excluding hydrogens is 380 g/mol. The third kappa shape index (κ3) is 7.39. The number of nitrogens with zero attached hydrogens (tertiary/aromatic N) is 4. The summed E-state index contributed by atoms with van der Waals surface area (Å²) in [4.78, 5) is 18.5. The second-order valence-corrected chi connectivity index (χ2v) is 9.83. The van der Waals surface area contributed by atoms with Gasteiger partial charge in [0.25, 0.3) is 5.91 Å². The van der Waals surface area contributed by atoms with Gasteiger partial charge in [0.2, 0.25) is 0 Å². The van der Waals surface area contributed by atoms with E-state index in [2.05, 4.69) is 15.5 Å². The van der Waals surface area contributed by atoms with Crippen LogP contribution in [0.1, 0.15) is 6.42 Å². The first kappa shape index (κ1) is 22.6. The highest BCUT2D eigenvalue weighted by atomic mass is 32.2. The molecule has 2 rings (SSSR count). The van der Waals surface area contributed by atoms with Crippen LogP contribution in [0, 0.1) is 11.3 Å². The van der Waals surface area contributed by atoms with Crippen molar-refractivity contribution in [1.82, 2.24) is 25.3 Å². The number of sulfone groups is 1. The van der Waals surface area contributed by atoms with Gasteiger partial charge in [0.05, 0.1) is 11.5 Å². The van der Waals surface area contributed by atoms with Crippen molar-refractivity contribution in [2.45, 2.75) is 12.5 Å². The van der Waals surface area contributed by atoms with Gasteiger partial charge in [-0.05, 0) is 20.5 Å². The first-order valence-electron chi connectivity index (χ1n) is 9.75. The molecule has 28 heavy (non-hydrogen) atoms. The van der Waals surface area contributed by atoms with Gasteiger partial charge in [-0.2, -0.15) is 5.26 Å². The first-order chi connectivity index (χ1) is 13.3. The van der Waals surface area contributed by atoms with Crippen molar-refractivity contribution in [3.05, 3.63) is 11.8 Å². The Bertz CT molecular complexity index is 695. The lowest BCUT2D eigenvalue weighted by Crippen LogP contribution is -2.46. The van der Waals surface area contributed by atoms with Crippen LogP contribution in [0.4, 0.5) is 0 Å². The maximum atomic E-state index is 12.4. The van der Waals surface area contributed by atoms with Crippen molar-refractivity contribution in [3.8, 4) is 6.07 Å². The predicted molar refractivity (Wildman–Crippen MR) is 108 cm³/mol. The molecule has 0 saturated carbocycles. The SMILES string of the molecule is CN(C)CCN(/C=C(/C#N)C(=O)NCCN1CCNCC1)C1CCS(=O)(=O)C1. The summed E-state index contributed by atoms with van der Waals surface area (Å²) < 4.78 is 23.7. The van der Waals surface area contributed by atoms with Crippen molar-refractivity contribution < 1.29 is 13.2 Å². The largest absolute Gasteiger partial charge is 0.371 e. The number of amides is 1. The van der Waals surface area contributed by atoms with Crippen molar-refractivity contribution in [2.24, 2.45) is 0 Å². The fourth-order valence-electron chi connectivity index (χ4n) is 3.37. The molecule has 2 N–H and O–H groups in total. The molecule has 0 radical (unpaired) electrons. The van der Waals surface area contributed by atoms with E-state index < -0.39 is 15.7 Å². The zero-order chi connectivity index (χ0) is 20.6. The number of carbonyl (C=O) groups excluding carboxylic acids is 1. The van der Waals surface area contributed by atoms with Gasteiger partial charge in [-0.1, -0.05) is 0 Å². The number of nitriles is 1. The van der Waals surface area contributed by atoms with E-state index in [1.165, 1.54) is 6.20 Å². The maximum absolute atomic E-state index is 12.4. The van der Waals surface area contributed by atoms with Crippen LogP contribution in [0.25, 0.3) is 0 Å². The fourth-order valence-corrected chi connectivity index (χ4v) is 5.11. The second kappa shape index (κ2) is 10.8. The molecule has 0 aromatic heterocycles. The standard InChI is InChI=1S/C18H32N6O3S/c1-22(2)10-11-24(17-3-12-28(26,27)15-17)14-16(13-19)18(25)21-6-9-23-7-4-20-5-8-23/h14,17,20H,3-12,15H2,1-2H3,(H,21,25)/b16-14-. The summed E-state index contributed by atoms with van der Waals surface area (Å²) in [5, 5.41) is 15.6. The Morgan fingerprint density at radius 3 is 2.61 bits per heavy atom. The van der Waals surface area contributed by atoms with Gasteiger partial charge in [0.15, 0.2) is 9.84 Å². The Hall–Kier alpha value is -1.67. The molecule has 0 aromatic rings. The molecule has 2 saturated heterocycles. The Morgan fingerprint density at radius 2 is 2.04 bits per heavy atom. The molecule has 2 fully saturated rings. The van der Waals surface area contributed by atoms with Gasteiger partial charge < -0.3 is 20.4 Å². The van der Waals surface area contributed by atoms with Gasteiger partial charge in [-0.25, -0.2) is 8.42 Å². The fraction of sp³-hybridized carbons (Fsp3) is 0.778. The molecule has 10 heteroatoms. The van der Waals surface area contributed by atoms with Crippen LogP contribution in [0.5, 0.6) is 0 Å². The van der Waals surface area contributed by atoms with Crippen molar-refractivity contribution in [1.29, 1.82) is 5.26 Å². The molecule has 158 valence electrons. The zero-order valence-electron chi connectivity index (χ0n) is 16.9. The molecule has 0 aromatic carbocycles. The first-order valence-corrected chi connectivity index (χ1v) is 11.6. The zero-order valence-corrected chi connectivity index (χ0v) is 17.7. The second-order valence-electron chi connectivity index (χ2n) is 7.60. The normalized spacial score (nSPS) is 22.8. The lowest BCUT2D eigenvalue weighted by atomic mass is 10.2. The molecule has 1 atom stereocenters. The van der Waals surface area contributed by atoms with Gasteiger partial charge in [0.1, 0.15) is 11.6 Å². The van der Waals surface area contributed by atoms with Crippen LogP contribution in [0.15, 0.2) is 11.8 Å². The number of piperazine rings is 1. The summed E-state index contributed by atoms with van der Waals surface area (Å²) in [6.45, 7) is 6.29. The number of rotatable bonds is 9. The number of hydrogen-bond acceptors (Lipinski definition) is 8. The highest BCUT2D eigenvalue weighted by molar-refractivity contribution is 7.91. The topological polar surface area (TPSA) is 109 Å². The average molecular weight is 413 g/mol. The molecule has 0 aliphatic carbocycles. The summed E-state index contributed by atoms with van der Waals surface area (Å²) in [5.41, 5.74) is 0.0170. The van der Waals surface area contributed by atoms with Crippen molar-refractivity contribution >= 4 is 15.7 Å². The van der Waals surface area contributed by atoms with E-state index in [4.69, 9.17) is 0 Å². The molecule has 1 amide bonds. The maximum Gasteiger partial charge on any atom is 0.263 e. The molecule has 1 unspecified atom stereocenters. The van der Waals surface area contributed by atoms with Gasteiger partial charge in [0, 0.05) is 64.6 Å². The molecular formula is C18H32N6O3S. The molecule has 0 spiro atoms.